The summed E-state index contributed by atoms with van der Waals surface area (Å²) in [4.78, 5) is 4.18. The Morgan fingerprint density at radius 1 is 1.17 bits per heavy atom. The smallest absolute Gasteiger partial charge is 0.194 e. The third-order valence-electron chi connectivity index (χ3n) is 3.01. The van der Waals surface area contributed by atoms with E-state index in [1.807, 2.05) is 4.57 Å². The maximum absolute atomic E-state index is 13.2. The third kappa shape index (κ3) is 1.69. The summed E-state index contributed by atoms with van der Waals surface area (Å²) in [6.07, 6.45) is 1.55. The lowest BCUT2D eigenvalue weighted by atomic mass is 10.1. The fraction of sp³-hybridized carbons (Fsp3) is 0.250. The van der Waals surface area contributed by atoms with Gasteiger partial charge in [-0.15, -0.1) is 0 Å². The first-order valence-corrected chi connectivity index (χ1v) is 5.57. The standard InChI is InChI=1S/C12H10F3N3/c13-8-3-7(4-9(14)12(8)15)10-5-17-11-6-16-1-2-18(10)11/h3-5,16H,1-2,6H2. The highest BCUT2D eigenvalue weighted by Crippen LogP contribution is 2.25. The van der Waals surface area contributed by atoms with Crippen LogP contribution < -0.4 is 5.32 Å². The monoisotopic (exact) mass is 253 g/mol. The molecule has 0 spiro atoms. The van der Waals surface area contributed by atoms with Crippen LogP contribution in [0.15, 0.2) is 18.3 Å². The van der Waals surface area contributed by atoms with Gasteiger partial charge >= 0.3 is 0 Å². The molecule has 1 aliphatic rings. The van der Waals surface area contributed by atoms with Gasteiger partial charge in [-0.3, -0.25) is 0 Å². The number of nitrogens with one attached hydrogen (secondary N) is 1. The lowest BCUT2D eigenvalue weighted by Gasteiger charge is -2.17. The predicted molar refractivity (Wildman–Crippen MR) is 59.2 cm³/mol. The molecule has 0 amide bonds. The largest absolute Gasteiger partial charge is 0.326 e. The molecule has 3 rings (SSSR count). The van der Waals surface area contributed by atoms with Crippen LogP contribution in [0.1, 0.15) is 5.82 Å². The van der Waals surface area contributed by atoms with Gasteiger partial charge in [0.15, 0.2) is 17.5 Å². The quantitative estimate of drug-likeness (QED) is 0.788. The molecule has 1 aromatic carbocycles. The van der Waals surface area contributed by atoms with Crippen LogP contribution in [0.4, 0.5) is 13.2 Å². The number of imidazole rings is 1. The van der Waals surface area contributed by atoms with Gasteiger partial charge < -0.3 is 9.88 Å². The van der Waals surface area contributed by atoms with E-state index >= 15 is 0 Å². The number of hydrogen-bond donors (Lipinski definition) is 1. The van der Waals surface area contributed by atoms with Gasteiger partial charge in [-0.1, -0.05) is 0 Å². The third-order valence-corrected chi connectivity index (χ3v) is 3.01. The summed E-state index contributed by atoms with van der Waals surface area (Å²) in [5.41, 5.74) is 0.899. The van der Waals surface area contributed by atoms with E-state index in [1.165, 1.54) is 0 Å². The van der Waals surface area contributed by atoms with Crippen LogP contribution in [-0.2, 0) is 13.1 Å². The van der Waals surface area contributed by atoms with Crippen molar-refractivity contribution in [2.24, 2.45) is 0 Å². The van der Waals surface area contributed by atoms with Gasteiger partial charge in [0.05, 0.1) is 18.4 Å². The van der Waals surface area contributed by atoms with E-state index in [-0.39, 0.29) is 0 Å². The molecule has 0 fully saturated rings. The van der Waals surface area contributed by atoms with Gasteiger partial charge in [-0.2, -0.15) is 0 Å². The molecule has 0 unspecified atom stereocenters. The Morgan fingerprint density at radius 3 is 2.61 bits per heavy atom. The molecule has 0 saturated carbocycles. The normalized spacial score (nSPS) is 14.6. The molecule has 2 aromatic rings. The highest BCUT2D eigenvalue weighted by Gasteiger charge is 2.18. The minimum Gasteiger partial charge on any atom is -0.326 e. The summed E-state index contributed by atoms with van der Waals surface area (Å²) in [5, 5.41) is 3.15. The number of fused-ring (bicyclic) bond motifs is 1. The van der Waals surface area contributed by atoms with E-state index < -0.39 is 17.5 Å². The summed E-state index contributed by atoms with van der Waals surface area (Å²) in [6.45, 7) is 2.06. The van der Waals surface area contributed by atoms with Crippen molar-refractivity contribution in [1.29, 1.82) is 0 Å². The second kappa shape index (κ2) is 4.13. The average Bonchev–Trinajstić information content (AvgIpc) is 2.79. The molecular formula is C12H10F3N3. The number of rotatable bonds is 1. The average molecular weight is 253 g/mol. The van der Waals surface area contributed by atoms with E-state index in [9.17, 15) is 13.2 Å². The fourth-order valence-electron chi connectivity index (χ4n) is 2.13. The molecule has 94 valence electrons. The van der Waals surface area contributed by atoms with E-state index in [2.05, 4.69) is 10.3 Å². The first-order valence-electron chi connectivity index (χ1n) is 5.57. The van der Waals surface area contributed by atoms with Crippen molar-refractivity contribution < 1.29 is 13.2 Å². The molecule has 0 saturated heterocycles. The topological polar surface area (TPSA) is 29.9 Å². The van der Waals surface area contributed by atoms with Crippen LogP contribution in [0.2, 0.25) is 0 Å². The number of hydrogen-bond acceptors (Lipinski definition) is 2. The molecule has 6 heteroatoms. The number of aromatic nitrogens is 2. The second-order valence-corrected chi connectivity index (χ2v) is 4.14. The van der Waals surface area contributed by atoms with Crippen LogP contribution in [0.3, 0.4) is 0 Å². The van der Waals surface area contributed by atoms with Gasteiger partial charge in [0.25, 0.3) is 0 Å². The summed E-state index contributed by atoms with van der Waals surface area (Å²) in [7, 11) is 0. The Morgan fingerprint density at radius 2 is 1.89 bits per heavy atom. The molecule has 1 aromatic heterocycles. The van der Waals surface area contributed by atoms with Crippen molar-refractivity contribution in [2.75, 3.05) is 6.54 Å². The van der Waals surface area contributed by atoms with Gasteiger partial charge in [-0.25, -0.2) is 18.2 Å². The molecule has 18 heavy (non-hydrogen) atoms. The zero-order valence-corrected chi connectivity index (χ0v) is 9.38. The van der Waals surface area contributed by atoms with Crippen LogP contribution in [0.25, 0.3) is 11.3 Å². The van der Waals surface area contributed by atoms with Gasteiger partial charge in [-0.05, 0) is 12.1 Å². The summed E-state index contributed by atoms with van der Waals surface area (Å²) < 4.78 is 41.2. The Hall–Kier alpha value is -1.82. The van der Waals surface area contributed by atoms with Gasteiger partial charge in [0.2, 0.25) is 0 Å². The summed E-state index contributed by atoms with van der Waals surface area (Å²) >= 11 is 0. The Bertz CT molecular complexity index is 584. The van der Waals surface area contributed by atoms with Gasteiger partial charge in [0, 0.05) is 18.7 Å². The molecule has 3 nitrogen and oxygen atoms in total. The highest BCUT2D eigenvalue weighted by molar-refractivity contribution is 5.59. The highest BCUT2D eigenvalue weighted by atomic mass is 19.2. The molecule has 1 N–H and O–H groups in total. The first kappa shape index (κ1) is 11.3. The Balaban J connectivity index is 2.13. The van der Waals surface area contributed by atoms with E-state index in [4.69, 9.17) is 0 Å². The predicted octanol–water partition coefficient (Wildman–Crippen LogP) is 2.07. The Kier molecular flexibility index (Phi) is 2.59. The summed E-state index contributed by atoms with van der Waals surface area (Å²) in [6, 6.07) is 1.98. The number of benzene rings is 1. The Labute approximate surface area is 101 Å². The van der Waals surface area contributed by atoms with E-state index in [0.29, 0.717) is 24.3 Å². The summed E-state index contributed by atoms with van der Waals surface area (Å²) in [5.74, 6) is -3.01. The van der Waals surface area contributed by atoms with Crippen LogP contribution in [0.5, 0.6) is 0 Å². The molecule has 2 heterocycles. The minimum atomic E-state index is -1.45. The van der Waals surface area contributed by atoms with Crippen molar-refractivity contribution >= 4 is 0 Å². The molecule has 0 aliphatic carbocycles. The maximum atomic E-state index is 13.2. The number of halogens is 3. The van der Waals surface area contributed by atoms with Crippen LogP contribution in [-0.4, -0.2) is 16.1 Å². The van der Waals surface area contributed by atoms with Crippen molar-refractivity contribution in [2.45, 2.75) is 13.1 Å². The number of nitrogens with zero attached hydrogens (tertiary/aromatic N) is 2. The van der Waals surface area contributed by atoms with Crippen molar-refractivity contribution in [3.63, 3.8) is 0 Å². The molecular weight excluding hydrogens is 243 g/mol. The second-order valence-electron chi connectivity index (χ2n) is 4.14. The maximum Gasteiger partial charge on any atom is 0.194 e. The van der Waals surface area contributed by atoms with Crippen LogP contribution in [0, 0.1) is 17.5 Å². The van der Waals surface area contributed by atoms with E-state index in [0.717, 1.165) is 24.5 Å². The molecule has 1 aliphatic heterocycles. The van der Waals surface area contributed by atoms with E-state index in [1.54, 1.807) is 6.20 Å². The van der Waals surface area contributed by atoms with Crippen molar-refractivity contribution in [3.05, 3.63) is 41.6 Å². The van der Waals surface area contributed by atoms with Crippen LogP contribution >= 0.6 is 0 Å². The first-order chi connectivity index (χ1) is 8.66. The fourth-order valence-corrected chi connectivity index (χ4v) is 2.13. The van der Waals surface area contributed by atoms with Gasteiger partial charge in [0.1, 0.15) is 5.82 Å². The minimum absolute atomic E-state index is 0.298. The molecule has 0 radical (unpaired) electrons. The lowest BCUT2D eigenvalue weighted by Crippen LogP contribution is -2.28. The zero-order valence-electron chi connectivity index (χ0n) is 9.38. The lowest BCUT2D eigenvalue weighted by molar-refractivity contribution is 0.447. The molecule has 0 atom stereocenters. The molecule has 0 bridgehead atoms. The van der Waals surface area contributed by atoms with Crippen molar-refractivity contribution in [3.8, 4) is 11.3 Å². The van der Waals surface area contributed by atoms with Crippen molar-refractivity contribution in [1.82, 2.24) is 14.9 Å². The zero-order chi connectivity index (χ0) is 12.7. The SMILES string of the molecule is Fc1cc(-c2cnc3n2CCNC3)cc(F)c1F.